The van der Waals surface area contributed by atoms with Crippen molar-refractivity contribution in [3.63, 3.8) is 0 Å². The van der Waals surface area contributed by atoms with Crippen LogP contribution in [0.5, 0.6) is 0 Å². The van der Waals surface area contributed by atoms with Gasteiger partial charge < -0.3 is 14.4 Å². The Kier molecular flexibility index (Phi) is 6.56. The van der Waals surface area contributed by atoms with Gasteiger partial charge in [0.15, 0.2) is 5.78 Å². The van der Waals surface area contributed by atoms with Gasteiger partial charge in [0.25, 0.3) is 0 Å². The van der Waals surface area contributed by atoms with Gasteiger partial charge in [0.2, 0.25) is 0 Å². The van der Waals surface area contributed by atoms with Crippen molar-refractivity contribution in [1.29, 1.82) is 0 Å². The van der Waals surface area contributed by atoms with Crippen molar-refractivity contribution in [3.05, 3.63) is 78.4 Å². The maximum absolute atomic E-state index is 13.9. The highest BCUT2D eigenvalue weighted by Crippen LogP contribution is 2.62. The van der Waals surface area contributed by atoms with Gasteiger partial charge in [0.05, 0.1) is 12.2 Å². The smallest absolute Gasteiger partial charge is 0.357 e. The van der Waals surface area contributed by atoms with Crippen LogP contribution in [0.1, 0.15) is 39.0 Å². The summed E-state index contributed by atoms with van der Waals surface area (Å²) in [5.74, 6) is -0.611. The van der Waals surface area contributed by atoms with Crippen molar-refractivity contribution >= 4 is 24.1 Å². The van der Waals surface area contributed by atoms with Crippen LogP contribution >= 0.6 is 7.60 Å². The molecule has 1 atom stereocenters. The Labute approximate surface area is 167 Å². The second-order valence-electron chi connectivity index (χ2n) is 7.37. The van der Waals surface area contributed by atoms with E-state index in [-0.39, 0.29) is 12.2 Å². The van der Waals surface area contributed by atoms with Crippen molar-refractivity contribution in [2.45, 2.75) is 45.7 Å². The van der Waals surface area contributed by atoms with Gasteiger partial charge in [-0.15, -0.1) is 0 Å². The van der Waals surface area contributed by atoms with Crippen molar-refractivity contribution in [2.24, 2.45) is 0 Å². The minimum Gasteiger partial charge on any atom is -0.368 e. The monoisotopic (exact) mass is 397 g/mol. The summed E-state index contributed by atoms with van der Waals surface area (Å²) in [5.41, 5.74) is 1.73. The molecule has 4 nitrogen and oxygen atoms in total. The number of anilines is 1. The third-order valence-electron chi connectivity index (χ3n) is 4.20. The zero-order chi connectivity index (χ0) is 20.1. The summed E-state index contributed by atoms with van der Waals surface area (Å²) in [5, 5.41) is 5.70. The molecule has 148 valence electrons. The lowest BCUT2D eigenvalue weighted by Crippen LogP contribution is -2.19. The fourth-order valence-electron chi connectivity index (χ4n) is 3.15. The fraction of sp³-hybridized carbons (Fsp3) is 0.304. The van der Waals surface area contributed by atoms with Gasteiger partial charge in [-0.2, -0.15) is 0 Å². The molecule has 5 heteroatoms. The molecule has 1 N–H and O–H groups in total. The second kappa shape index (κ2) is 8.91. The zero-order valence-corrected chi connectivity index (χ0v) is 17.7. The average Bonchev–Trinajstić information content (AvgIpc) is 2.65. The van der Waals surface area contributed by atoms with Crippen molar-refractivity contribution < 1.29 is 13.6 Å². The molecule has 3 rings (SSSR count). The van der Waals surface area contributed by atoms with Crippen molar-refractivity contribution in [3.8, 4) is 0 Å². The third kappa shape index (κ3) is 5.02. The molecule has 0 aliphatic rings. The molecule has 0 heterocycles. The van der Waals surface area contributed by atoms with E-state index in [1.807, 2.05) is 76.2 Å². The summed E-state index contributed by atoms with van der Waals surface area (Å²) in [4.78, 5) is 0. The summed E-state index contributed by atoms with van der Waals surface area (Å²) in [6.45, 7) is 7.48. The molecular weight excluding hydrogens is 369 g/mol. The predicted molar refractivity (Wildman–Crippen MR) is 117 cm³/mol. The Balaban J connectivity index is 2.03. The number of benzene rings is 3. The van der Waals surface area contributed by atoms with E-state index in [9.17, 15) is 4.57 Å². The number of fused-ring (bicyclic) bond motifs is 1. The van der Waals surface area contributed by atoms with E-state index in [1.165, 1.54) is 0 Å². The van der Waals surface area contributed by atoms with Gasteiger partial charge in [-0.3, -0.25) is 4.57 Å². The van der Waals surface area contributed by atoms with Crippen LogP contribution < -0.4 is 5.32 Å². The number of hydrogen-bond donors (Lipinski definition) is 1. The first-order valence-electron chi connectivity index (χ1n) is 9.64. The molecule has 0 bridgehead atoms. The van der Waals surface area contributed by atoms with Crippen LogP contribution in [0.15, 0.2) is 72.8 Å². The highest BCUT2D eigenvalue weighted by Gasteiger charge is 2.39. The molecule has 0 fully saturated rings. The van der Waals surface area contributed by atoms with E-state index in [2.05, 4.69) is 29.6 Å². The van der Waals surface area contributed by atoms with Gasteiger partial charge >= 0.3 is 7.60 Å². The topological polar surface area (TPSA) is 47.6 Å². The molecule has 0 aliphatic heterocycles. The molecule has 0 amide bonds. The molecule has 3 aromatic rings. The molecule has 28 heavy (non-hydrogen) atoms. The van der Waals surface area contributed by atoms with Gasteiger partial charge in [-0.1, -0.05) is 60.7 Å². The minimum atomic E-state index is -3.50. The third-order valence-corrected chi connectivity index (χ3v) is 6.69. The highest BCUT2D eigenvalue weighted by molar-refractivity contribution is 7.54. The summed E-state index contributed by atoms with van der Waals surface area (Å²) in [6, 6.07) is 23.9. The van der Waals surface area contributed by atoms with E-state index >= 15 is 0 Å². The summed E-state index contributed by atoms with van der Waals surface area (Å²) in [6.07, 6.45) is -0.455. The highest BCUT2D eigenvalue weighted by atomic mass is 31.2. The Morgan fingerprint density at radius 2 is 1.32 bits per heavy atom. The van der Waals surface area contributed by atoms with Crippen LogP contribution in [-0.2, 0) is 13.6 Å². The molecule has 0 aromatic heterocycles. The molecule has 0 spiro atoms. The van der Waals surface area contributed by atoms with E-state index in [0.717, 1.165) is 22.0 Å². The van der Waals surface area contributed by atoms with Crippen LogP contribution in [0.25, 0.3) is 10.8 Å². The number of nitrogens with one attached hydrogen (secondary N) is 1. The lowest BCUT2D eigenvalue weighted by Gasteiger charge is -2.31. The summed E-state index contributed by atoms with van der Waals surface area (Å²) >= 11 is 0. The molecule has 0 unspecified atom stereocenters. The molecular formula is C23H28NO3P. The second-order valence-corrected chi connectivity index (χ2v) is 9.39. The van der Waals surface area contributed by atoms with Crippen molar-refractivity contribution in [1.82, 2.24) is 0 Å². The summed E-state index contributed by atoms with van der Waals surface area (Å²) < 4.78 is 25.7. The van der Waals surface area contributed by atoms with E-state index in [4.69, 9.17) is 9.05 Å². The van der Waals surface area contributed by atoms with Crippen LogP contribution in [-0.4, -0.2) is 12.2 Å². The first-order valence-corrected chi connectivity index (χ1v) is 11.3. The maximum Gasteiger partial charge on any atom is 0.357 e. The van der Waals surface area contributed by atoms with E-state index in [0.29, 0.717) is 0 Å². The van der Waals surface area contributed by atoms with Gasteiger partial charge in [0.1, 0.15) is 0 Å². The quantitative estimate of drug-likeness (QED) is 0.416. The minimum absolute atomic E-state index is 0.228. The Morgan fingerprint density at radius 1 is 0.750 bits per heavy atom. The van der Waals surface area contributed by atoms with E-state index < -0.39 is 13.4 Å². The first kappa shape index (κ1) is 20.6. The zero-order valence-electron chi connectivity index (χ0n) is 16.8. The molecule has 0 saturated carbocycles. The van der Waals surface area contributed by atoms with Crippen molar-refractivity contribution in [2.75, 3.05) is 5.32 Å². The van der Waals surface area contributed by atoms with Crippen LogP contribution in [0, 0.1) is 0 Å². The number of hydrogen-bond acceptors (Lipinski definition) is 4. The lowest BCUT2D eigenvalue weighted by atomic mass is 10.1. The summed E-state index contributed by atoms with van der Waals surface area (Å²) in [7, 11) is -3.50. The van der Waals surface area contributed by atoms with Gasteiger partial charge in [-0.25, -0.2) is 0 Å². The van der Waals surface area contributed by atoms with E-state index in [1.54, 1.807) is 0 Å². The standard InChI is InChI=1S/C23H28NO3P/c1-17(2)26-28(25,27-18(3)4)23(20-11-6-5-7-12-20)24-22-15-14-19-10-8-9-13-21(19)16-22/h5-18,23-24H,1-4H3/t23-/m0/s1. The van der Waals surface area contributed by atoms with Gasteiger partial charge in [0, 0.05) is 5.69 Å². The molecule has 3 aromatic carbocycles. The van der Waals surface area contributed by atoms with Crippen LogP contribution in [0.2, 0.25) is 0 Å². The van der Waals surface area contributed by atoms with Crippen LogP contribution in [0.3, 0.4) is 0 Å². The number of rotatable bonds is 8. The maximum atomic E-state index is 13.9. The largest absolute Gasteiger partial charge is 0.368 e. The van der Waals surface area contributed by atoms with Crippen LogP contribution in [0.4, 0.5) is 5.69 Å². The SMILES string of the molecule is CC(C)OP(=O)(OC(C)C)[C@H](Nc1ccc2ccccc2c1)c1ccccc1. The fourth-order valence-corrected chi connectivity index (χ4v) is 5.46. The Bertz CT molecular complexity index is 942. The normalized spacial score (nSPS) is 13.2. The molecule has 0 aliphatic carbocycles. The molecule has 0 saturated heterocycles. The lowest BCUT2D eigenvalue weighted by molar-refractivity contribution is 0.138. The average molecular weight is 397 g/mol. The Hall–Kier alpha value is -2.13. The Morgan fingerprint density at radius 3 is 1.93 bits per heavy atom. The first-order chi connectivity index (χ1) is 13.4. The van der Waals surface area contributed by atoms with Gasteiger partial charge in [-0.05, 0) is 56.2 Å². The predicted octanol–water partition coefficient (Wildman–Crippen LogP) is 6.99. The molecule has 0 radical (unpaired) electrons.